The van der Waals surface area contributed by atoms with E-state index in [1.807, 2.05) is 0 Å². The molecule has 1 aliphatic rings. The fourth-order valence-corrected chi connectivity index (χ4v) is 4.34. The maximum absolute atomic E-state index is 2.47. The summed E-state index contributed by atoms with van der Waals surface area (Å²) < 4.78 is 0. The number of aryl methyl sites for hydroxylation is 2. The summed E-state index contributed by atoms with van der Waals surface area (Å²) in [6.45, 7) is 9.10. The fraction of sp³-hybridized carbons (Fsp3) is 0.478. The summed E-state index contributed by atoms with van der Waals surface area (Å²) in [4.78, 5) is 0. The van der Waals surface area contributed by atoms with Crippen LogP contribution >= 0.6 is 0 Å². The van der Waals surface area contributed by atoms with Crippen molar-refractivity contribution in [3.8, 4) is 11.1 Å². The molecule has 0 fully saturated rings. The molecule has 0 N–H and O–H groups in total. The Morgan fingerprint density at radius 1 is 0.696 bits per heavy atom. The van der Waals surface area contributed by atoms with Crippen molar-refractivity contribution < 1.29 is 0 Å². The lowest BCUT2D eigenvalue weighted by Crippen LogP contribution is -2.25. The third kappa shape index (κ3) is 2.73. The second-order valence-electron chi connectivity index (χ2n) is 7.39. The molecule has 0 nitrogen and oxygen atoms in total. The fourth-order valence-electron chi connectivity index (χ4n) is 4.34. The number of benzene rings is 2. The van der Waals surface area contributed by atoms with Gasteiger partial charge in [-0.3, -0.25) is 0 Å². The highest BCUT2D eigenvalue weighted by atomic mass is 14.4. The number of fused-ring (bicyclic) bond motifs is 3. The monoisotopic (exact) mass is 306 g/mol. The van der Waals surface area contributed by atoms with Crippen LogP contribution in [0.1, 0.15) is 74.6 Å². The van der Waals surface area contributed by atoms with Gasteiger partial charge in [-0.2, -0.15) is 0 Å². The highest BCUT2D eigenvalue weighted by molar-refractivity contribution is 5.81. The molecule has 0 spiro atoms. The van der Waals surface area contributed by atoms with Crippen LogP contribution in [0.5, 0.6) is 0 Å². The third-order valence-corrected chi connectivity index (χ3v) is 5.59. The van der Waals surface area contributed by atoms with Crippen molar-refractivity contribution in [1.82, 2.24) is 0 Å². The zero-order chi connectivity index (χ0) is 16.4. The zero-order valence-corrected chi connectivity index (χ0v) is 15.2. The van der Waals surface area contributed by atoms with Crippen molar-refractivity contribution in [3.05, 3.63) is 58.7 Å². The molecule has 0 atom stereocenters. The first-order valence-electron chi connectivity index (χ1n) is 9.35. The molecule has 2 aromatic carbocycles. The molecule has 2 aromatic rings. The van der Waals surface area contributed by atoms with Gasteiger partial charge >= 0.3 is 0 Å². The van der Waals surface area contributed by atoms with Gasteiger partial charge in [0.2, 0.25) is 0 Å². The van der Waals surface area contributed by atoms with E-state index in [9.17, 15) is 0 Å². The SMILES string of the molecule is CCCCC1(CCCC)c2cc(C)ccc2-c2ccc(C)cc21. The Morgan fingerprint density at radius 3 is 1.52 bits per heavy atom. The molecule has 23 heavy (non-hydrogen) atoms. The Morgan fingerprint density at radius 2 is 1.13 bits per heavy atom. The minimum absolute atomic E-state index is 0.245. The standard InChI is InChI=1S/C23H30/c1-5-7-13-23(14-8-6-2)21-15-17(3)9-11-19(21)20-12-10-18(4)16-22(20)23/h9-12,15-16H,5-8,13-14H2,1-4H3. The minimum atomic E-state index is 0.245. The summed E-state index contributed by atoms with van der Waals surface area (Å²) >= 11 is 0. The molecule has 0 bridgehead atoms. The first-order chi connectivity index (χ1) is 11.1. The van der Waals surface area contributed by atoms with Crippen LogP contribution in [0.2, 0.25) is 0 Å². The molecule has 1 aliphatic carbocycles. The Labute approximate surface area is 141 Å². The van der Waals surface area contributed by atoms with Crippen LogP contribution in [0.4, 0.5) is 0 Å². The van der Waals surface area contributed by atoms with Gasteiger partial charge in [0.1, 0.15) is 0 Å². The van der Waals surface area contributed by atoms with Crippen molar-refractivity contribution in [1.29, 1.82) is 0 Å². The summed E-state index contributed by atoms with van der Waals surface area (Å²) in [6, 6.07) is 14.2. The molecule has 0 radical (unpaired) electrons. The molecule has 0 heteroatoms. The first kappa shape index (κ1) is 16.3. The number of hydrogen-bond acceptors (Lipinski definition) is 0. The minimum Gasteiger partial charge on any atom is -0.0654 e. The van der Waals surface area contributed by atoms with Crippen LogP contribution in [0, 0.1) is 13.8 Å². The molecule has 0 unspecified atom stereocenters. The molecule has 0 aromatic heterocycles. The van der Waals surface area contributed by atoms with Crippen molar-refractivity contribution >= 4 is 0 Å². The maximum atomic E-state index is 2.47. The van der Waals surface area contributed by atoms with Gasteiger partial charge in [0.05, 0.1) is 0 Å². The average molecular weight is 306 g/mol. The Bertz CT molecular complexity index is 632. The zero-order valence-electron chi connectivity index (χ0n) is 15.2. The quantitative estimate of drug-likeness (QED) is 0.541. The maximum Gasteiger partial charge on any atom is 0.0215 e. The first-order valence-corrected chi connectivity index (χ1v) is 9.35. The lowest BCUT2D eigenvalue weighted by molar-refractivity contribution is 0.414. The van der Waals surface area contributed by atoms with E-state index >= 15 is 0 Å². The van der Waals surface area contributed by atoms with Crippen molar-refractivity contribution in [3.63, 3.8) is 0 Å². The van der Waals surface area contributed by atoms with Gasteiger partial charge in [-0.1, -0.05) is 87.1 Å². The van der Waals surface area contributed by atoms with E-state index in [4.69, 9.17) is 0 Å². The van der Waals surface area contributed by atoms with Crippen molar-refractivity contribution in [2.75, 3.05) is 0 Å². The van der Waals surface area contributed by atoms with E-state index < -0.39 is 0 Å². The normalized spacial score (nSPS) is 14.6. The Hall–Kier alpha value is -1.56. The molecule has 0 saturated heterocycles. The number of rotatable bonds is 6. The summed E-state index contributed by atoms with van der Waals surface area (Å²) in [5.41, 5.74) is 9.20. The predicted octanol–water partition coefficient (Wildman–Crippen LogP) is 6.95. The van der Waals surface area contributed by atoms with E-state index in [2.05, 4.69) is 64.1 Å². The topological polar surface area (TPSA) is 0 Å². The number of unbranched alkanes of at least 4 members (excludes halogenated alkanes) is 2. The lowest BCUT2D eigenvalue weighted by Gasteiger charge is -2.33. The van der Waals surface area contributed by atoms with Crippen LogP contribution in [-0.4, -0.2) is 0 Å². The lowest BCUT2D eigenvalue weighted by atomic mass is 9.70. The third-order valence-electron chi connectivity index (χ3n) is 5.59. The van der Waals surface area contributed by atoms with Crippen LogP contribution in [0.25, 0.3) is 11.1 Å². The van der Waals surface area contributed by atoms with Crippen LogP contribution < -0.4 is 0 Å². The predicted molar refractivity (Wildman–Crippen MR) is 101 cm³/mol. The van der Waals surface area contributed by atoms with Crippen LogP contribution in [0.3, 0.4) is 0 Å². The van der Waals surface area contributed by atoms with Gasteiger partial charge < -0.3 is 0 Å². The van der Waals surface area contributed by atoms with Crippen molar-refractivity contribution in [2.24, 2.45) is 0 Å². The Kier molecular flexibility index (Phi) is 4.62. The van der Waals surface area contributed by atoms with Gasteiger partial charge in [0.25, 0.3) is 0 Å². The van der Waals surface area contributed by atoms with Crippen LogP contribution in [-0.2, 0) is 5.41 Å². The molecule has 0 aliphatic heterocycles. The molecule has 122 valence electrons. The second-order valence-corrected chi connectivity index (χ2v) is 7.39. The second kappa shape index (κ2) is 6.51. The number of hydrogen-bond donors (Lipinski definition) is 0. The van der Waals surface area contributed by atoms with Gasteiger partial charge in [0.15, 0.2) is 0 Å². The average Bonchev–Trinajstić information content (AvgIpc) is 2.80. The van der Waals surface area contributed by atoms with E-state index in [0.717, 1.165) is 0 Å². The summed E-state index contributed by atoms with van der Waals surface area (Å²) in [7, 11) is 0. The molecular formula is C23H30. The summed E-state index contributed by atoms with van der Waals surface area (Å²) in [6.07, 6.45) is 7.74. The molecular weight excluding hydrogens is 276 g/mol. The molecule has 0 amide bonds. The molecule has 0 heterocycles. The van der Waals surface area contributed by atoms with E-state index in [-0.39, 0.29) is 5.41 Å². The van der Waals surface area contributed by atoms with Gasteiger partial charge in [-0.15, -0.1) is 0 Å². The van der Waals surface area contributed by atoms with E-state index in [0.29, 0.717) is 0 Å². The molecule has 0 saturated carbocycles. The van der Waals surface area contributed by atoms with Gasteiger partial charge in [0, 0.05) is 5.41 Å². The van der Waals surface area contributed by atoms with Gasteiger partial charge in [-0.25, -0.2) is 0 Å². The van der Waals surface area contributed by atoms with Crippen LogP contribution in [0.15, 0.2) is 36.4 Å². The van der Waals surface area contributed by atoms with Gasteiger partial charge in [-0.05, 0) is 48.9 Å². The summed E-state index contributed by atoms with van der Waals surface area (Å²) in [5.74, 6) is 0. The Balaban J connectivity index is 2.23. The highest BCUT2D eigenvalue weighted by Crippen LogP contribution is 2.54. The van der Waals surface area contributed by atoms with E-state index in [1.165, 1.54) is 60.8 Å². The molecule has 3 rings (SSSR count). The smallest absolute Gasteiger partial charge is 0.0215 e. The van der Waals surface area contributed by atoms with E-state index in [1.54, 1.807) is 11.1 Å². The van der Waals surface area contributed by atoms with Crippen molar-refractivity contribution in [2.45, 2.75) is 71.6 Å². The summed E-state index contributed by atoms with van der Waals surface area (Å²) in [5, 5.41) is 0. The highest BCUT2D eigenvalue weighted by Gasteiger charge is 2.41. The largest absolute Gasteiger partial charge is 0.0654 e.